The fourth-order valence-electron chi connectivity index (χ4n) is 3.90. The van der Waals surface area contributed by atoms with Crippen molar-refractivity contribution in [3.05, 3.63) is 41.4 Å². The molecule has 1 fully saturated rings. The number of aromatic nitrogens is 3. The Hall–Kier alpha value is -2.51. The van der Waals surface area contributed by atoms with Crippen molar-refractivity contribution in [2.75, 3.05) is 13.1 Å². The topological polar surface area (TPSA) is 43.1 Å². The summed E-state index contributed by atoms with van der Waals surface area (Å²) in [5.41, 5.74) is 2.80. The molecule has 1 atom stereocenters. The fraction of sp³-hybridized carbons (Fsp3) is 0.524. The van der Waals surface area contributed by atoms with E-state index < -0.39 is 12.1 Å². The van der Waals surface area contributed by atoms with Gasteiger partial charge in [-0.05, 0) is 58.2 Å². The highest BCUT2D eigenvalue weighted by atomic mass is 19.4. The van der Waals surface area contributed by atoms with Gasteiger partial charge in [0.1, 0.15) is 5.82 Å². The lowest BCUT2D eigenvalue weighted by Gasteiger charge is -2.33. The van der Waals surface area contributed by atoms with Crippen LogP contribution in [0.4, 0.5) is 13.2 Å². The number of piperidine rings is 1. The van der Waals surface area contributed by atoms with Gasteiger partial charge in [-0.15, -0.1) is 0 Å². The van der Waals surface area contributed by atoms with Crippen LogP contribution in [0.1, 0.15) is 49.7 Å². The van der Waals surface area contributed by atoms with Crippen LogP contribution in [0.3, 0.4) is 0 Å². The summed E-state index contributed by atoms with van der Waals surface area (Å²) in [6, 6.07) is 4.09. The zero-order valence-electron chi connectivity index (χ0n) is 17.2. The largest absolute Gasteiger partial charge is 0.393 e. The summed E-state index contributed by atoms with van der Waals surface area (Å²) in [6.45, 7) is 8.13. The average molecular weight is 408 g/mol. The Balaban J connectivity index is 1.80. The maximum absolute atomic E-state index is 13.0. The molecule has 1 amide bonds. The van der Waals surface area contributed by atoms with Gasteiger partial charge in [-0.1, -0.05) is 0 Å². The minimum atomic E-state index is -4.26. The Labute approximate surface area is 168 Å². The molecule has 1 aliphatic rings. The second-order valence-corrected chi connectivity index (χ2v) is 7.89. The van der Waals surface area contributed by atoms with Gasteiger partial charge in [-0.3, -0.25) is 4.79 Å². The first-order chi connectivity index (χ1) is 13.6. The van der Waals surface area contributed by atoms with Gasteiger partial charge in [-0.2, -0.15) is 18.3 Å². The number of amides is 1. The molecule has 3 rings (SSSR count). The third-order valence-corrected chi connectivity index (χ3v) is 5.44. The molecule has 2 aromatic heterocycles. The summed E-state index contributed by atoms with van der Waals surface area (Å²) in [5.74, 6) is -0.879. The van der Waals surface area contributed by atoms with Crippen molar-refractivity contribution in [3.63, 3.8) is 0 Å². The van der Waals surface area contributed by atoms with E-state index in [0.29, 0.717) is 13.0 Å². The first-order valence-corrected chi connectivity index (χ1v) is 9.86. The predicted octanol–water partition coefficient (Wildman–Crippen LogP) is 4.69. The molecule has 0 bridgehead atoms. The van der Waals surface area contributed by atoms with E-state index in [1.165, 1.54) is 11.0 Å². The molecule has 1 saturated heterocycles. The van der Waals surface area contributed by atoms with Crippen molar-refractivity contribution < 1.29 is 18.0 Å². The summed E-state index contributed by atoms with van der Waals surface area (Å²) in [5, 5.41) is 4.37. The van der Waals surface area contributed by atoms with Crippen molar-refractivity contribution in [3.8, 4) is 5.82 Å². The van der Waals surface area contributed by atoms with Gasteiger partial charge in [0, 0.05) is 42.7 Å². The van der Waals surface area contributed by atoms with E-state index in [1.54, 1.807) is 12.3 Å². The lowest BCUT2D eigenvalue weighted by atomic mass is 9.97. The Bertz CT molecular complexity index is 908. The monoisotopic (exact) mass is 408 g/mol. The van der Waals surface area contributed by atoms with E-state index in [4.69, 9.17) is 0 Å². The van der Waals surface area contributed by atoms with Gasteiger partial charge >= 0.3 is 6.18 Å². The summed E-state index contributed by atoms with van der Waals surface area (Å²) < 4.78 is 42.9. The van der Waals surface area contributed by atoms with Crippen LogP contribution in [-0.4, -0.2) is 44.4 Å². The van der Waals surface area contributed by atoms with Crippen LogP contribution in [0, 0.1) is 19.8 Å². The molecule has 1 aliphatic heterocycles. The van der Waals surface area contributed by atoms with E-state index in [0.717, 1.165) is 22.8 Å². The molecule has 0 aliphatic carbocycles. The first kappa shape index (κ1) is 21.2. The fourth-order valence-corrected chi connectivity index (χ4v) is 3.90. The molecule has 8 heteroatoms. The number of rotatable bonds is 4. The number of hydrogen-bond donors (Lipinski definition) is 0. The highest BCUT2D eigenvalue weighted by Crippen LogP contribution is 2.33. The van der Waals surface area contributed by atoms with Crippen LogP contribution in [0.5, 0.6) is 0 Å². The molecule has 0 saturated carbocycles. The average Bonchev–Trinajstić information content (AvgIpc) is 3.23. The van der Waals surface area contributed by atoms with E-state index in [9.17, 15) is 18.0 Å². The normalized spacial score (nSPS) is 18.2. The number of carbonyl (C=O) groups excluding carboxylic acids is 1. The SMILES string of the molecule is Cc1cc(/C=C/C(=O)N2CCCC(C(F)(F)F)C2)c(C)n1-c1ccnn1C(C)C. The third-order valence-electron chi connectivity index (χ3n) is 5.44. The number of alkyl halides is 3. The zero-order chi connectivity index (χ0) is 21.3. The molecule has 158 valence electrons. The van der Waals surface area contributed by atoms with Crippen LogP contribution in [0.15, 0.2) is 24.4 Å². The maximum atomic E-state index is 13.0. The van der Waals surface area contributed by atoms with Gasteiger partial charge in [-0.25, -0.2) is 4.68 Å². The van der Waals surface area contributed by atoms with Crippen molar-refractivity contribution in [2.45, 2.75) is 52.8 Å². The number of carbonyl (C=O) groups is 1. The number of halogens is 3. The summed E-state index contributed by atoms with van der Waals surface area (Å²) in [4.78, 5) is 13.8. The van der Waals surface area contributed by atoms with Gasteiger partial charge in [0.25, 0.3) is 0 Å². The van der Waals surface area contributed by atoms with E-state index in [-0.39, 0.29) is 24.9 Å². The number of aryl methyl sites for hydroxylation is 1. The quantitative estimate of drug-likeness (QED) is 0.689. The lowest BCUT2D eigenvalue weighted by molar-refractivity contribution is -0.187. The minimum absolute atomic E-state index is 0.0850. The van der Waals surface area contributed by atoms with Crippen molar-refractivity contribution in [1.82, 2.24) is 19.2 Å². The molecule has 1 unspecified atom stereocenters. The molecule has 29 heavy (non-hydrogen) atoms. The molecule has 3 heterocycles. The standard InChI is InChI=1S/C21H27F3N4O/c1-14(2)28-19(9-10-25-28)27-15(3)12-17(16(27)4)7-8-20(29)26-11-5-6-18(13-26)21(22,23)24/h7-10,12,14,18H,5-6,11,13H2,1-4H3/b8-7+. The second kappa shape index (κ2) is 8.08. The van der Waals surface area contributed by atoms with E-state index in [2.05, 4.69) is 23.5 Å². The van der Waals surface area contributed by atoms with Crippen LogP contribution >= 0.6 is 0 Å². The van der Waals surface area contributed by atoms with Crippen LogP contribution in [0.25, 0.3) is 11.9 Å². The number of nitrogens with zero attached hydrogens (tertiary/aromatic N) is 4. The van der Waals surface area contributed by atoms with Gasteiger partial charge in [0.05, 0.1) is 12.1 Å². The van der Waals surface area contributed by atoms with Crippen LogP contribution in [0.2, 0.25) is 0 Å². The molecule has 5 nitrogen and oxygen atoms in total. The highest BCUT2D eigenvalue weighted by Gasteiger charge is 2.42. The number of hydrogen-bond acceptors (Lipinski definition) is 2. The van der Waals surface area contributed by atoms with Gasteiger partial charge < -0.3 is 9.47 Å². The minimum Gasteiger partial charge on any atom is -0.339 e. The second-order valence-electron chi connectivity index (χ2n) is 7.89. The molecule has 0 aromatic carbocycles. The van der Waals surface area contributed by atoms with Gasteiger partial charge in [0.2, 0.25) is 5.91 Å². The predicted molar refractivity (Wildman–Crippen MR) is 106 cm³/mol. The Kier molecular flexibility index (Phi) is 5.91. The summed E-state index contributed by atoms with van der Waals surface area (Å²) in [6.07, 6.45) is 1.02. The molecule has 0 spiro atoms. The number of likely N-dealkylation sites (tertiary alicyclic amines) is 1. The molecular formula is C21H27F3N4O. The van der Waals surface area contributed by atoms with Crippen molar-refractivity contribution in [1.29, 1.82) is 0 Å². The van der Waals surface area contributed by atoms with Crippen LogP contribution in [-0.2, 0) is 4.79 Å². The third kappa shape index (κ3) is 4.41. The Morgan fingerprint density at radius 3 is 2.69 bits per heavy atom. The highest BCUT2D eigenvalue weighted by molar-refractivity contribution is 5.92. The molecule has 2 aromatic rings. The maximum Gasteiger partial charge on any atom is 0.393 e. The lowest BCUT2D eigenvalue weighted by Crippen LogP contribution is -2.44. The van der Waals surface area contributed by atoms with Gasteiger partial charge in [0.15, 0.2) is 0 Å². The zero-order valence-corrected chi connectivity index (χ0v) is 17.2. The first-order valence-electron chi connectivity index (χ1n) is 9.86. The summed E-state index contributed by atoms with van der Waals surface area (Å²) in [7, 11) is 0. The molecule has 0 N–H and O–H groups in total. The van der Waals surface area contributed by atoms with E-state index in [1.807, 2.05) is 30.7 Å². The van der Waals surface area contributed by atoms with E-state index >= 15 is 0 Å². The molecule has 0 radical (unpaired) electrons. The Morgan fingerprint density at radius 1 is 1.31 bits per heavy atom. The summed E-state index contributed by atoms with van der Waals surface area (Å²) >= 11 is 0. The van der Waals surface area contributed by atoms with Crippen LogP contribution < -0.4 is 0 Å². The smallest absolute Gasteiger partial charge is 0.339 e. The van der Waals surface area contributed by atoms with Crippen molar-refractivity contribution in [2.24, 2.45) is 5.92 Å². The van der Waals surface area contributed by atoms with Crippen molar-refractivity contribution >= 4 is 12.0 Å². The Morgan fingerprint density at radius 2 is 2.03 bits per heavy atom. The molecular weight excluding hydrogens is 381 g/mol.